The number of aromatic nitrogens is 1. The highest BCUT2D eigenvalue weighted by molar-refractivity contribution is 5.89. The van der Waals surface area contributed by atoms with Crippen molar-refractivity contribution in [2.24, 2.45) is 0 Å². The molecule has 0 saturated carbocycles. The van der Waals surface area contributed by atoms with Gasteiger partial charge >= 0.3 is 0 Å². The number of para-hydroxylation sites is 1. The molecule has 6 heteroatoms. The zero-order valence-corrected chi connectivity index (χ0v) is 16.1. The molecule has 2 aromatic rings. The van der Waals surface area contributed by atoms with Crippen LogP contribution >= 0.6 is 0 Å². The Labute approximate surface area is 160 Å². The second-order valence-corrected chi connectivity index (χ2v) is 7.44. The van der Waals surface area contributed by atoms with Gasteiger partial charge in [0.1, 0.15) is 6.04 Å². The topological polar surface area (TPSA) is 83.2 Å². The molecule has 0 spiro atoms. The maximum absolute atomic E-state index is 12.8. The third-order valence-corrected chi connectivity index (χ3v) is 5.13. The Morgan fingerprint density at radius 1 is 1.30 bits per heavy atom. The average molecular weight is 371 g/mol. The van der Waals surface area contributed by atoms with E-state index in [1.165, 1.54) is 6.92 Å². The highest BCUT2D eigenvalue weighted by atomic mass is 16.5. The van der Waals surface area contributed by atoms with Crippen LogP contribution in [0, 0.1) is 0 Å². The van der Waals surface area contributed by atoms with E-state index in [0.29, 0.717) is 12.5 Å². The summed E-state index contributed by atoms with van der Waals surface area (Å²) in [6, 6.07) is 7.41. The van der Waals surface area contributed by atoms with Crippen LogP contribution in [-0.4, -0.2) is 41.6 Å². The van der Waals surface area contributed by atoms with Crippen molar-refractivity contribution < 1.29 is 14.3 Å². The number of rotatable bonds is 8. The molecule has 1 aliphatic rings. The van der Waals surface area contributed by atoms with Crippen molar-refractivity contribution in [1.82, 2.24) is 15.6 Å². The summed E-state index contributed by atoms with van der Waals surface area (Å²) in [6.07, 6.45) is 6.74. The van der Waals surface area contributed by atoms with E-state index in [2.05, 4.69) is 15.6 Å². The number of amides is 2. The van der Waals surface area contributed by atoms with Gasteiger partial charge in [-0.1, -0.05) is 18.2 Å². The van der Waals surface area contributed by atoms with Crippen LogP contribution in [-0.2, 0) is 20.7 Å². The van der Waals surface area contributed by atoms with E-state index in [-0.39, 0.29) is 17.9 Å². The van der Waals surface area contributed by atoms with Crippen molar-refractivity contribution in [3.05, 3.63) is 36.0 Å². The normalized spacial score (nSPS) is 19.0. The molecule has 27 heavy (non-hydrogen) atoms. The molecule has 1 fully saturated rings. The molecule has 6 nitrogen and oxygen atoms in total. The highest BCUT2D eigenvalue weighted by Crippen LogP contribution is 2.20. The quantitative estimate of drug-likeness (QED) is 0.667. The minimum absolute atomic E-state index is 0.0425. The van der Waals surface area contributed by atoms with E-state index in [1.807, 2.05) is 37.4 Å². The number of ether oxygens (including phenoxy) is 1. The first-order valence-electron chi connectivity index (χ1n) is 9.77. The molecule has 0 aliphatic carbocycles. The third kappa shape index (κ3) is 5.32. The van der Waals surface area contributed by atoms with Crippen LogP contribution in [0.15, 0.2) is 30.5 Å². The molecule has 1 aromatic carbocycles. The monoisotopic (exact) mass is 371 g/mol. The van der Waals surface area contributed by atoms with Crippen molar-refractivity contribution in [1.29, 1.82) is 0 Å². The predicted molar refractivity (Wildman–Crippen MR) is 105 cm³/mol. The molecule has 0 radical (unpaired) electrons. The molecule has 3 atom stereocenters. The molecule has 2 heterocycles. The first-order chi connectivity index (χ1) is 13.0. The van der Waals surface area contributed by atoms with E-state index in [9.17, 15) is 9.59 Å². The largest absolute Gasteiger partial charge is 0.378 e. The zero-order chi connectivity index (χ0) is 19.2. The lowest BCUT2D eigenvalue weighted by Crippen LogP contribution is -2.49. The van der Waals surface area contributed by atoms with Gasteiger partial charge in [-0.2, -0.15) is 0 Å². The molecule has 2 amide bonds. The lowest BCUT2D eigenvalue weighted by molar-refractivity contribution is -0.128. The van der Waals surface area contributed by atoms with Crippen LogP contribution in [0.25, 0.3) is 10.9 Å². The van der Waals surface area contributed by atoms with Gasteiger partial charge in [0, 0.05) is 43.1 Å². The van der Waals surface area contributed by atoms with Gasteiger partial charge < -0.3 is 20.4 Å². The predicted octanol–water partition coefficient (Wildman–Crippen LogP) is 2.68. The van der Waals surface area contributed by atoms with E-state index in [0.717, 1.165) is 48.8 Å². The SMILES string of the molecule is CC(=O)N[C@H](Cc1c[nH]c2ccccc12)C(=O)N[C@@H](C)CC[C@@H]1CCCO1. The highest BCUT2D eigenvalue weighted by Gasteiger charge is 2.23. The van der Waals surface area contributed by atoms with Crippen LogP contribution in [0.1, 0.15) is 45.1 Å². The molecule has 1 aromatic heterocycles. The molecular formula is C21H29N3O3. The van der Waals surface area contributed by atoms with Crippen molar-refractivity contribution in [3.8, 4) is 0 Å². The molecule has 3 N–H and O–H groups in total. The Bertz CT molecular complexity index is 780. The van der Waals surface area contributed by atoms with E-state index in [4.69, 9.17) is 4.74 Å². The van der Waals surface area contributed by atoms with E-state index < -0.39 is 6.04 Å². The van der Waals surface area contributed by atoms with Crippen LogP contribution in [0.4, 0.5) is 0 Å². The Kier molecular flexibility index (Phi) is 6.50. The fourth-order valence-corrected chi connectivity index (χ4v) is 3.70. The second-order valence-electron chi connectivity index (χ2n) is 7.44. The Morgan fingerprint density at radius 3 is 2.85 bits per heavy atom. The number of carbonyl (C=O) groups excluding carboxylic acids is 2. The van der Waals surface area contributed by atoms with Crippen LogP contribution in [0.3, 0.4) is 0 Å². The number of nitrogens with one attached hydrogen (secondary N) is 3. The van der Waals surface area contributed by atoms with Crippen LogP contribution < -0.4 is 10.6 Å². The van der Waals surface area contributed by atoms with Crippen molar-refractivity contribution in [3.63, 3.8) is 0 Å². The van der Waals surface area contributed by atoms with E-state index in [1.54, 1.807) is 0 Å². The molecule has 0 bridgehead atoms. The molecule has 1 saturated heterocycles. The molecule has 0 unspecified atom stereocenters. The number of H-pyrrole nitrogens is 1. The number of benzene rings is 1. The Hall–Kier alpha value is -2.34. The van der Waals surface area contributed by atoms with Gasteiger partial charge in [0.05, 0.1) is 6.10 Å². The number of fused-ring (bicyclic) bond motifs is 1. The molecule has 1 aliphatic heterocycles. The Balaban J connectivity index is 1.60. The van der Waals surface area contributed by atoms with Gasteiger partial charge in [0.2, 0.25) is 11.8 Å². The summed E-state index contributed by atoms with van der Waals surface area (Å²) in [6.45, 7) is 4.29. The summed E-state index contributed by atoms with van der Waals surface area (Å²) in [5.41, 5.74) is 2.05. The lowest BCUT2D eigenvalue weighted by Gasteiger charge is -2.21. The van der Waals surface area contributed by atoms with Crippen molar-refractivity contribution >= 4 is 22.7 Å². The van der Waals surface area contributed by atoms with Gasteiger partial charge in [-0.05, 0) is 44.2 Å². The number of hydrogen-bond acceptors (Lipinski definition) is 3. The zero-order valence-electron chi connectivity index (χ0n) is 16.1. The summed E-state index contributed by atoms with van der Waals surface area (Å²) in [4.78, 5) is 27.6. The fraction of sp³-hybridized carbons (Fsp3) is 0.524. The minimum Gasteiger partial charge on any atom is -0.378 e. The smallest absolute Gasteiger partial charge is 0.243 e. The summed E-state index contributed by atoms with van der Waals surface area (Å²) < 4.78 is 5.65. The van der Waals surface area contributed by atoms with Gasteiger partial charge in [-0.3, -0.25) is 9.59 Å². The van der Waals surface area contributed by atoms with Crippen LogP contribution in [0.2, 0.25) is 0 Å². The fourth-order valence-electron chi connectivity index (χ4n) is 3.70. The molecule has 146 valence electrons. The maximum Gasteiger partial charge on any atom is 0.243 e. The number of aromatic amines is 1. The van der Waals surface area contributed by atoms with Crippen LogP contribution in [0.5, 0.6) is 0 Å². The van der Waals surface area contributed by atoms with Gasteiger partial charge in [-0.15, -0.1) is 0 Å². The van der Waals surface area contributed by atoms with Gasteiger partial charge in [-0.25, -0.2) is 0 Å². The summed E-state index contributed by atoms with van der Waals surface area (Å²) in [5, 5.41) is 6.92. The van der Waals surface area contributed by atoms with Crippen molar-refractivity contribution in [2.45, 2.75) is 64.1 Å². The second kappa shape index (κ2) is 9.04. The summed E-state index contributed by atoms with van der Waals surface area (Å²) >= 11 is 0. The number of carbonyl (C=O) groups is 2. The summed E-state index contributed by atoms with van der Waals surface area (Å²) in [5.74, 6) is -0.350. The molecule has 3 rings (SSSR count). The lowest BCUT2D eigenvalue weighted by atomic mass is 10.0. The third-order valence-electron chi connectivity index (χ3n) is 5.13. The minimum atomic E-state index is -0.591. The van der Waals surface area contributed by atoms with Gasteiger partial charge in [0.15, 0.2) is 0 Å². The first-order valence-corrected chi connectivity index (χ1v) is 9.77. The maximum atomic E-state index is 12.8. The Morgan fingerprint density at radius 2 is 2.11 bits per heavy atom. The van der Waals surface area contributed by atoms with E-state index >= 15 is 0 Å². The van der Waals surface area contributed by atoms with Crippen molar-refractivity contribution in [2.75, 3.05) is 6.61 Å². The number of hydrogen-bond donors (Lipinski definition) is 3. The standard InChI is InChI=1S/C21H29N3O3/c1-14(9-10-17-6-5-11-27-17)23-21(26)20(24-15(2)25)12-16-13-22-19-8-4-3-7-18(16)19/h3-4,7-8,13-14,17,20,22H,5-6,9-12H2,1-2H3,(H,23,26)(H,24,25)/t14-,17-,20+/m0/s1. The molecular weight excluding hydrogens is 342 g/mol. The summed E-state index contributed by atoms with van der Waals surface area (Å²) in [7, 11) is 0. The first kappa shape index (κ1) is 19.4. The van der Waals surface area contributed by atoms with Gasteiger partial charge in [0.25, 0.3) is 0 Å². The average Bonchev–Trinajstić information content (AvgIpc) is 3.29.